The summed E-state index contributed by atoms with van der Waals surface area (Å²) in [6.45, 7) is 3.25. The quantitative estimate of drug-likeness (QED) is 0.801. The first-order valence-electron chi connectivity index (χ1n) is 8.30. The Kier molecular flexibility index (Phi) is 6.17. The van der Waals surface area contributed by atoms with E-state index in [1.165, 1.54) is 6.07 Å². The average molecular weight is 393 g/mol. The Morgan fingerprint density at radius 1 is 1.38 bits per heavy atom. The van der Waals surface area contributed by atoms with Crippen LogP contribution in [0.15, 0.2) is 23.1 Å². The molecule has 1 aromatic rings. The summed E-state index contributed by atoms with van der Waals surface area (Å²) in [6.07, 6.45) is -2.74. The molecule has 1 unspecified atom stereocenters. The van der Waals surface area contributed by atoms with Gasteiger partial charge in [-0.2, -0.15) is 13.2 Å². The number of sulfonamides is 1. The number of carbonyl (C=O) groups excluding carboxylic acids is 1. The highest BCUT2D eigenvalue weighted by Gasteiger charge is 2.37. The van der Waals surface area contributed by atoms with Crippen molar-refractivity contribution in [1.82, 2.24) is 5.32 Å². The van der Waals surface area contributed by atoms with Crippen LogP contribution in [0.1, 0.15) is 31.7 Å². The van der Waals surface area contributed by atoms with Gasteiger partial charge in [0.1, 0.15) is 0 Å². The van der Waals surface area contributed by atoms with Crippen LogP contribution < -0.4 is 15.4 Å². The Hall–Kier alpha value is -1.81. The Labute approximate surface area is 150 Å². The summed E-state index contributed by atoms with van der Waals surface area (Å²) in [5, 5.41) is 7.69. The molecule has 1 atom stereocenters. The SMILES string of the molecule is CCCNC(=O)C1CCCN(c2ccc(S(N)(=O)=O)c(C(F)(F)F)c2)C1. The van der Waals surface area contributed by atoms with Gasteiger partial charge >= 0.3 is 6.18 Å². The van der Waals surface area contributed by atoms with Gasteiger partial charge in [-0.15, -0.1) is 0 Å². The van der Waals surface area contributed by atoms with E-state index >= 15 is 0 Å². The molecule has 0 bridgehead atoms. The van der Waals surface area contributed by atoms with E-state index in [-0.39, 0.29) is 24.1 Å². The Morgan fingerprint density at radius 2 is 2.08 bits per heavy atom. The largest absolute Gasteiger partial charge is 0.417 e. The van der Waals surface area contributed by atoms with Crippen molar-refractivity contribution >= 4 is 21.6 Å². The van der Waals surface area contributed by atoms with Gasteiger partial charge in [-0.25, -0.2) is 13.6 Å². The van der Waals surface area contributed by atoms with Gasteiger partial charge in [-0.1, -0.05) is 6.92 Å². The topological polar surface area (TPSA) is 92.5 Å². The number of amides is 1. The monoisotopic (exact) mass is 393 g/mol. The third-order valence-corrected chi connectivity index (χ3v) is 5.25. The second kappa shape index (κ2) is 7.83. The van der Waals surface area contributed by atoms with Crippen molar-refractivity contribution in [2.24, 2.45) is 11.1 Å². The second-order valence-corrected chi connectivity index (χ2v) is 7.83. The van der Waals surface area contributed by atoms with Crippen LogP contribution in [0.25, 0.3) is 0 Å². The Balaban J connectivity index is 2.29. The average Bonchev–Trinajstić information content (AvgIpc) is 2.57. The first kappa shape index (κ1) is 20.5. The molecule has 26 heavy (non-hydrogen) atoms. The van der Waals surface area contributed by atoms with Crippen LogP contribution in [0.3, 0.4) is 0 Å². The molecular formula is C16H22F3N3O3S. The standard InChI is InChI=1S/C16H22F3N3O3S/c1-2-7-21-15(23)11-4-3-8-22(10-11)12-5-6-14(26(20,24)25)13(9-12)16(17,18)19/h5-6,9,11H,2-4,7-8,10H2,1H3,(H,21,23)(H2,20,24,25). The minimum atomic E-state index is -4.86. The minimum Gasteiger partial charge on any atom is -0.371 e. The van der Waals surface area contributed by atoms with Crippen molar-refractivity contribution in [2.75, 3.05) is 24.5 Å². The van der Waals surface area contributed by atoms with Crippen molar-refractivity contribution in [2.45, 2.75) is 37.3 Å². The molecule has 146 valence electrons. The third kappa shape index (κ3) is 4.88. The smallest absolute Gasteiger partial charge is 0.371 e. The van der Waals surface area contributed by atoms with E-state index in [0.717, 1.165) is 18.6 Å². The molecule has 10 heteroatoms. The number of halogens is 3. The maximum absolute atomic E-state index is 13.3. The van der Waals surface area contributed by atoms with Crippen LogP contribution in [0.4, 0.5) is 18.9 Å². The number of carbonyl (C=O) groups is 1. The first-order valence-corrected chi connectivity index (χ1v) is 9.85. The van der Waals surface area contributed by atoms with E-state index < -0.39 is 26.7 Å². The molecule has 1 aliphatic rings. The summed E-state index contributed by atoms with van der Waals surface area (Å²) >= 11 is 0. The number of primary sulfonamides is 1. The van der Waals surface area contributed by atoms with Crippen LogP contribution in [0, 0.1) is 5.92 Å². The molecule has 0 spiro atoms. The summed E-state index contributed by atoms with van der Waals surface area (Å²) in [5.41, 5.74) is -1.08. The van der Waals surface area contributed by atoms with Crippen LogP contribution in [0.5, 0.6) is 0 Å². The van der Waals surface area contributed by atoms with E-state index in [0.29, 0.717) is 25.9 Å². The van der Waals surface area contributed by atoms with Gasteiger partial charge in [0, 0.05) is 25.3 Å². The lowest BCUT2D eigenvalue weighted by Crippen LogP contribution is -2.43. The van der Waals surface area contributed by atoms with Crippen molar-refractivity contribution in [3.8, 4) is 0 Å². The fourth-order valence-corrected chi connectivity index (χ4v) is 3.74. The molecule has 2 rings (SSSR count). The van der Waals surface area contributed by atoms with E-state index in [9.17, 15) is 26.4 Å². The molecule has 1 amide bonds. The highest BCUT2D eigenvalue weighted by Crippen LogP contribution is 2.37. The van der Waals surface area contributed by atoms with Gasteiger partial charge in [0.15, 0.2) is 0 Å². The van der Waals surface area contributed by atoms with E-state index in [2.05, 4.69) is 5.32 Å². The number of piperidine rings is 1. The van der Waals surface area contributed by atoms with Crippen molar-refractivity contribution in [1.29, 1.82) is 0 Å². The molecular weight excluding hydrogens is 371 g/mol. The normalized spacial score (nSPS) is 18.7. The zero-order chi connectivity index (χ0) is 19.5. The number of anilines is 1. The fourth-order valence-electron chi connectivity index (χ4n) is 3.00. The van der Waals surface area contributed by atoms with Crippen LogP contribution in [-0.2, 0) is 21.0 Å². The molecule has 0 saturated carbocycles. The molecule has 3 N–H and O–H groups in total. The maximum Gasteiger partial charge on any atom is 0.417 e. The third-order valence-electron chi connectivity index (χ3n) is 4.28. The molecule has 1 aromatic carbocycles. The van der Waals surface area contributed by atoms with Gasteiger partial charge in [0.05, 0.1) is 16.4 Å². The number of benzene rings is 1. The summed E-state index contributed by atoms with van der Waals surface area (Å²) in [4.78, 5) is 12.8. The summed E-state index contributed by atoms with van der Waals surface area (Å²) in [6, 6.07) is 2.95. The van der Waals surface area contributed by atoms with Crippen molar-refractivity contribution in [3.63, 3.8) is 0 Å². The minimum absolute atomic E-state index is 0.117. The fraction of sp³-hybridized carbons (Fsp3) is 0.562. The van der Waals surface area contributed by atoms with Gasteiger partial charge in [-0.05, 0) is 37.5 Å². The van der Waals surface area contributed by atoms with E-state index in [1.54, 1.807) is 4.90 Å². The maximum atomic E-state index is 13.3. The lowest BCUT2D eigenvalue weighted by Gasteiger charge is -2.34. The van der Waals surface area contributed by atoms with Crippen molar-refractivity contribution in [3.05, 3.63) is 23.8 Å². The predicted molar refractivity (Wildman–Crippen MR) is 91.1 cm³/mol. The molecule has 1 fully saturated rings. The first-order chi connectivity index (χ1) is 12.0. The number of rotatable bonds is 5. The second-order valence-electron chi connectivity index (χ2n) is 6.30. The zero-order valence-electron chi connectivity index (χ0n) is 14.3. The Bertz CT molecular complexity index is 766. The van der Waals surface area contributed by atoms with Gasteiger partial charge < -0.3 is 10.2 Å². The predicted octanol–water partition coefficient (Wildman–Crippen LogP) is 2.10. The van der Waals surface area contributed by atoms with E-state index in [4.69, 9.17) is 5.14 Å². The highest BCUT2D eigenvalue weighted by atomic mass is 32.2. The van der Waals surface area contributed by atoms with Crippen LogP contribution in [0.2, 0.25) is 0 Å². The summed E-state index contributed by atoms with van der Waals surface area (Å²) in [7, 11) is -4.50. The molecule has 1 aliphatic heterocycles. The molecule has 1 heterocycles. The number of nitrogens with one attached hydrogen (secondary N) is 1. The van der Waals surface area contributed by atoms with Gasteiger partial charge in [-0.3, -0.25) is 4.79 Å². The van der Waals surface area contributed by atoms with Crippen molar-refractivity contribution < 1.29 is 26.4 Å². The lowest BCUT2D eigenvalue weighted by atomic mass is 9.96. The van der Waals surface area contributed by atoms with Gasteiger partial charge in [0.25, 0.3) is 0 Å². The van der Waals surface area contributed by atoms with Crippen LogP contribution in [-0.4, -0.2) is 34.0 Å². The number of hydrogen-bond acceptors (Lipinski definition) is 4. The van der Waals surface area contributed by atoms with Gasteiger partial charge in [0.2, 0.25) is 15.9 Å². The number of alkyl halides is 3. The molecule has 6 nitrogen and oxygen atoms in total. The molecule has 0 aromatic heterocycles. The summed E-state index contributed by atoms with van der Waals surface area (Å²) < 4.78 is 62.7. The van der Waals surface area contributed by atoms with E-state index in [1.807, 2.05) is 6.92 Å². The van der Waals surface area contributed by atoms with Crippen LogP contribution >= 0.6 is 0 Å². The molecule has 0 radical (unpaired) electrons. The number of nitrogens with two attached hydrogens (primary N) is 1. The number of hydrogen-bond donors (Lipinski definition) is 2. The molecule has 0 aliphatic carbocycles. The highest BCUT2D eigenvalue weighted by molar-refractivity contribution is 7.89. The summed E-state index contributed by atoms with van der Waals surface area (Å²) in [5.74, 6) is -0.434. The molecule has 1 saturated heterocycles. The zero-order valence-corrected chi connectivity index (χ0v) is 15.2. The lowest BCUT2D eigenvalue weighted by molar-refractivity contribution is -0.139. The number of nitrogens with zero attached hydrogens (tertiary/aromatic N) is 1. The Morgan fingerprint density at radius 3 is 2.65 bits per heavy atom.